The van der Waals surface area contributed by atoms with Crippen LogP contribution in [0.25, 0.3) is 0 Å². The average Bonchev–Trinajstić information content (AvgIpc) is 1.93. The van der Waals surface area contributed by atoms with Crippen molar-refractivity contribution < 1.29 is 5.11 Å². The Morgan fingerprint density at radius 2 is 2.00 bits per heavy atom. The quantitative estimate of drug-likeness (QED) is 0.699. The van der Waals surface area contributed by atoms with Gasteiger partial charge >= 0.3 is 32.4 Å². The van der Waals surface area contributed by atoms with Crippen LogP contribution in [0, 0.1) is 5.92 Å². The molecule has 0 aliphatic carbocycles. The lowest BCUT2D eigenvalue weighted by molar-refractivity contribution is 0.229. The molecule has 0 saturated heterocycles. The second kappa shape index (κ2) is 11.9. The van der Waals surface area contributed by atoms with Gasteiger partial charge in [-0.25, -0.2) is 0 Å². The van der Waals surface area contributed by atoms with Gasteiger partial charge < -0.3 is 5.11 Å². The Balaban J connectivity index is 0. The first-order valence-electron chi connectivity index (χ1n) is 3.18. The fraction of sp³-hybridized carbons (Fsp3) is 1.00. The van der Waals surface area contributed by atoms with E-state index < -0.39 is 0 Å². The first-order valence-corrected chi connectivity index (χ1v) is 7.08. The summed E-state index contributed by atoms with van der Waals surface area (Å²) in [6, 6.07) is 0. The van der Waals surface area contributed by atoms with Gasteiger partial charge in [-0.05, 0) is 12.3 Å². The van der Waals surface area contributed by atoms with Gasteiger partial charge in [0, 0.05) is 6.61 Å². The van der Waals surface area contributed by atoms with Crippen LogP contribution in [-0.4, -0.2) is 31.3 Å². The highest BCUT2D eigenvalue weighted by Crippen LogP contribution is 2.01. The second-order valence-electron chi connectivity index (χ2n) is 2.08. The van der Waals surface area contributed by atoms with Crippen LogP contribution in [0.4, 0.5) is 0 Å². The summed E-state index contributed by atoms with van der Waals surface area (Å²) in [7, 11) is 0. The van der Waals surface area contributed by atoms with E-state index >= 15 is 0 Å². The van der Waals surface area contributed by atoms with E-state index in [0.717, 1.165) is 6.42 Å². The Labute approximate surface area is 76.5 Å². The summed E-state index contributed by atoms with van der Waals surface area (Å²) < 4.78 is 0. The van der Waals surface area contributed by atoms with Gasteiger partial charge in [-0.2, -0.15) is 0 Å². The van der Waals surface area contributed by atoms with Gasteiger partial charge in [-0.15, -0.1) is 0 Å². The Kier molecular flexibility index (Phi) is 17.0. The van der Waals surface area contributed by atoms with Crippen molar-refractivity contribution >= 4 is 32.4 Å². The molecule has 0 rings (SSSR count). The monoisotopic (exact) mass is 205 g/mol. The molecule has 0 aromatic carbocycles. The Hall–Kier alpha value is 1.21. The molecule has 1 atom stereocenters. The minimum absolute atomic E-state index is 0.341. The summed E-state index contributed by atoms with van der Waals surface area (Å²) >= 11 is 4.64. The van der Waals surface area contributed by atoms with Crippen molar-refractivity contribution in [1.29, 1.82) is 0 Å². The van der Waals surface area contributed by atoms with E-state index in [2.05, 4.69) is 26.7 Å². The second-order valence-corrected chi connectivity index (χ2v) is 2.08. The first-order chi connectivity index (χ1) is 4.31. The zero-order chi connectivity index (χ0) is 7.70. The maximum absolute atomic E-state index is 8.47. The third kappa shape index (κ3) is 12.4. The molecule has 0 amide bonds. The Morgan fingerprint density at radius 1 is 1.56 bits per heavy atom. The van der Waals surface area contributed by atoms with Crippen LogP contribution in [0.5, 0.6) is 0 Å². The van der Waals surface area contributed by atoms with Gasteiger partial charge in [0.25, 0.3) is 0 Å². The van der Waals surface area contributed by atoms with E-state index in [1.54, 1.807) is 19.5 Å². The zero-order valence-electron chi connectivity index (χ0n) is 6.23. The van der Waals surface area contributed by atoms with Crippen LogP contribution in [0.3, 0.4) is 0 Å². The highest BCUT2D eigenvalue weighted by atomic mass is 79.9. The summed E-state index contributed by atoms with van der Waals surface area (Å²) in [6.07, 6.45) is 2.33. The molecule has 9 heavy (non-hydrogen) atoms. The highest BCUT2D eigenvalue weighted by molar-refractivity contribution is 9.22. The predicted molar refractivity (Wildman–Crippen MR) is 45.8 cm³/mol. The fourth-order valence-corrected chi connectivity index (χ4v) is 0.584. The molecule has 1 nitrogen and oxygen atoms in total. The maximum Gasteiger partial charge on any atom is 1.52 e. The summed E-state index contributed by atoms with van der Waals surface area (Å²) in [5.41, 5.74) is 0. The Morgan fingerprint density at radius 3 is 2.11 bits per heavy atom. The van der Waals surface area contributed by atoms with Gasteiger partial charge in [0.15, 0.2) is 0 Å². The summed E-state index contributed by atoms with van der Waals surface area (Å²) in [5, 5.41) is 8.47. The van der Waals surface area contributed by atoms with Crippen LogP contribution in [0.1, 0.15) is 26.7 Å². The molecular formula is C6H14BrMgO+2. The number of aliphatic hydroxyl groups is 1. The number of rotatable bonds is 3. The molecule has 0 bridgehead atoms. The molecule has 1 N–H and O–H groups in total. The first kappa shape index (κ1) is 12.8. The molecule has 7 radical (unpaired) electrons. The smallest absolute Gasteiger partial charge is 0.396 e. The largest absolute Gasteiger partial charge is 1.52 e. The standard InChI is InChI=1S/C6H14O.BrH.Mg/c1-3-4-6(2)5-7;;/h6-7H,3-5H2,1-2H3;1H;/q;;+3/p-1. The zero-order valence-corrected chi connectivity index (χ0v) is 9.23. The van der Waals surface area contributed by atoms with Crippen LogP contribution >= 0.6 is 12.9 Å². The van der Waals surface area contributed by atoms with Crippen molar-refractivity contribution in [3.8, 4) is 0 Å². The van der Waals surface area contributed by atoms with Crippen molar-refractivity contribution in [2.75, 3.05) is 6.61 Å². The van der Waals surface area contributed by atoms with Gasteiger partial charge in [0.05, 0.1) is 0 Å². The third-order valence-corrected chi connectivity index (χ3v) is 1.09. The van der Waals surface area contributed by atoms with Gasteiger partial charge in [-0.3, -0.25) is 0 Å². The van der Waals surface area contributed by atoms with Gasteiger partial charge in [-0.1, -0.05) is 20.3 Å². The fourth-order valence-electron chi connectivity index (χ4n) is 0.584. The predicted octanol–water partition coefficient (Wildman–Crippen LogP) is 1.88. The molecule has 0 saturated carbocycles. The normalized spacial score (nSPS) is 11.7. The summed E-state index contributed by atoms with van der Waals surface area (Å²) in [6.45, 7) is 4.53. The van der Waals surface area contributed by atoms with Crippen molar-refractivity contribution in [3.63, 3.8) is 0 Å². The molecule has 0 fully saturated rings. The number of hydrogen-bond acceptors (Lipinski definition) is 1. The average molecular weight is 206 g/mol. The maximum atomic E-state index is 8.47. The van der Waals surface area contributed by atoms with Crippen molar-refractivity contribution in [1.82, 2.24) is 0 Å². The van der Waals surface area contributed by atoms with E-state index in [1.165, 1.54) is 6.42 Å². The number of hydrogen-bond donors (Lipinski definition) is 1. The van der Waals surface area contributed by atoms with E-state index in [4.69, 9.17) is 5.11 Å². The number of halogens is 1. The number of aliphatic hydroxyl groups excluding tert-OH is 1. The van der Waals surface area contributed by atoms with E-state index in [0.29, 0.717) is 12.5 Å². The van der Waals surface area contributed by atoms with E-state index in [9.17, 15) is 0 Å². The van der Waals surface area contributed by atoms with E-state index in [-0.39, 0.29) is 0 Å². The lowest BCUT2D eigenvalue weighted by Crippen LogP contribution is -1.98. The van der Waals surface area contributed by atoms with Crippen LogP contribution in [-0.2, 0) is 0 Å². The molecule has 51 valence electrons. The molecular weight excluding hydrogens is 192 g/mol. The molecule has 0 aliphatic rings. The molecule has 0 spiro atoms. The molecule has 0 aliphatic heterocycles. The van der Waals surface area contributed by atoms with Crippen molar-refractivity contribution in [2.45, 2.75) is 26.7 Å². The van der Waals surface area contributed by atoms with E-state index in [1.807, 2.05) is 0 Å². The van der Waals surface area contributed by atoms with Crippen molar-refractivity contribution in [3.05, 3.63) is 0 Å². The lowest BCUT2D eigenvalue weighted by Gasteiger charge is -2.01. The minimum Gasteiger partial charge on any atom is -0.396 e. The summed E-state index contributed by atoms with van der Waals surface area (Å²) in [5.74, 6) is 0.505. The van der Waals surface area contributed by atoms with Gasteiger partial charge in [0.1, 0.15) is 0 Å². The van der Waals surface area contributed by atoms with Crippen LogP contribution in [0.15, 0.2) is 0 Å². The highest BCUT2D eigenvalue weighted by Gasteiger charge is 2.13. The van der Waals surface area contributed by atoms with Crippen LogP contribution in [0.2, 0.25) is 0 Å². The molecule has 1 unspecified atom stereocenters. The van der Waals surface area contributed by atoms with Crippen LogP contribution < -0.4 is 0 Å². The third-order valence-electron chi connectivity index (χ3n) is 1.09. The minimum atomic E-state index is 0.341. The SMILES string of the molecule is CCCC(C)CO.[Mg+2][Br]. The molecule has 0 aromatic heterocycles. The molecule has 0 aromatic rings. The topological polar surface area (TPSA) is 20.2 Å². The van der Waals surface area contributed by atoms with Gasteiger partial charge in [0.2, 0.25) is 0 Å². The summed E-state index contributed by atoms with van der Waals surface area (Å²) in [4.78, 5) is 0. The molecule has 0 heterocycles. The lowest BCUT2D eigenvalue weighted by atomic mass is 10.1. The molecule has 3 heteroatoms. The Bertz CT molecular complexity index is 44.0. The van der Waals surface area contributed by atoms with Crippen molar-refractivity contribution in [2.24, 2.45) is 5.92 Å².